The summed E-state index contributed by atoms with van der Waals surface area (Å²) in [5, 5.41) is 0.287. The van der Waals surface area contributed by atoms with E-state index >= 15 is 0 Å². The number of rotatable bonds is 2. The summed E-state index contributed by atoms with van der Waals surface area (Å²) in [6.07, 6.45) is -2.50. The molecule has 1 aromatic rings. The van der Waals surface area contributed by atoms with Gasteiger partial charge in [0.05, 0.1) is 0 Å². The Morgan fingerprint density at radius 2 is 1.93 bits per heavy atom. The molecule has 2 N–H and O–H groups in total. The van der Waals surface area contributed by atoms with E-state index in [-0.39, 0.29) is 10.6 Å². The zero-order chi connectivity index (χ0) is 10.9. The second-order valence-electron chi connectivity index (χ2n) is 3.76. The Labute approximate surface area is 86.9 Å². The number of hydrogen-bond donors (Lipinski definition) is 1. The van der Waals surface area contributed by atoms with Crippen molar-refractivity contribution < 1.29 is 8.78 Å². The molecule has 0 aliphatic rings. The molecule has 4 heteroatoms. The molecule has 0 aromatic heterocycles. The van der Waals surface area contributed by atoms with Crippen molar-refractivity contribution in [2.45, 2.75) is 25.8 Å². The van der Waals surface area contributed by atoms with E-state index in [4.69, 9.17) is 17.3 Å². The Hall–Kier alpha value is -0.670. The summed E-state index contributed by atoms with van der Waals surface area (Å²) in [6.45, 7) is 3.55. The highest BCUT2D eigenvalue weighted by Crippen LogP contribution is 2.29. The first-order valence-corrected chi connectivity index (χ1v) is 4.57. The maximum absolute atomic E-state index is 12.3. The maximum Gasteiger partial charge on any atom is 0.263 e. The van der Waals surface area contributed by atoms with Gasteiger partial charge < -0.3 is 5.73 Å². The molecule has 0 aliphatic heterocycles. The zero-order valence-corrected chi connectivity index (χ0v) is 8.78. The van der Waals surface area contributed by atoms with Crippen molar-refractivity contribution in [1.29, 1.82) is 0 Å². The van der Waals surface area contributed by atoms with Gasteiger partial charge >= 0.3 is 0 Å². The van der Waals surface area contributed by atoms with E-state index in [9.17, 15) is 8.78 Å². The molecule has 0 amide bonds. The fraction of sp³-hybridized carbons (Fsp3) is 0.400. The lowest BCUT2D eigenvalue weighted by atomic mass is 9.95. The molecule has 78 valence electrons. The van der Waals surface area contributed by atoms with Gasteiger partial charge in [-0.2, -0.15) is 0 Å². The topological polar surface area (TPSA) is 26.0 Å². The lowest BCUT2D eigenvalue weighted by Crippen LogP contribution is -2.29. The van der Waals surface area contributed by atoms with Crippen LogP contribution in [0, 0.1) is 0 Å². The van der Waals surface area contributed by atoms with Crippen molar-refractivity contribution in [2.75, 3.05) is 0 Å². The summed E-state index contributed by atoms with van der Waals surface area (Å²) in [6, 6.07) is 4.15. The Balaban J connectivity index is 3.15. The summed E-state index contributed by atoms with van der Waals surface area (Å²) in [4.78, 5) is 0. The quantitative estimate of drug-likeness (QED) is 0.810. The van der Waals surface area contributed by atoms with E-state index in [1.54, 1.807) is 19.9 Å². The molecule has 0 saturated heterocycles. The van der Waals surface area contributed by atoms with Gasteiger partial charge in [-0.15, -0.1) is 0 Å². The summed E-state index contributed by atoms with van der Waals surface area (Å²) >= 11 is 5.84. The Bertz CT molecular complexity index is 331. The third kappa shape index (κ3) is 2.42. The van der Waals surface area contributed by atoms with Crippen LogP contribution in [0.15, 0.2) is 18.2 Å². The van der Waals surface area contributed by atoms with Crippen LogP contribution in [0.1, 0.15) is 31.4 Å². The van der Waals surface area contributed by atoms with Gasteiger partial charge in [-0.3, -0.25) is 0 Å². The Kier molecular flexibility index (Phi) is 3.12. The van der Waals surface area contributed by atoms with Crippen LogP contribution in [0.5, 0.6) is 0 Å². The average Bonchev–Trinajstić information content (AvgIpc) is 2.01. The van der Waals surface area contributed by atoms with Gasteiger partial charge in [0, 0.05) is 16.1 Å². The predicted octanol–water partition coefficient (Wildman–Crippen LogP) is 3.47. The van der Waals surface area contributed by atoms with Crippen molar-refractivity contribution in [1.82, 2.24) is 0 Å². The second kappa shape index (κ2) is 3.83. The van der Waals surface area contributed by atoms with Crippen LogP contribution in [-0.2, 0) is 5.54 Å². The first-order valence-electron chi connectivity index (χ1n) is 4.19. The normalized spacial score (nSPS) is 12.2. The van der Waals surface area contributed by atoms with E-state index in [1.807, 2.05) is 0 Å². The number of alkyl halides is 2. The van der Waals surface area contributed by atoms with Gasteiger partial charge in [-0.05, 0) is 25.5 Å². The smallest absolute Gasteiger partial charge is 0.263 e. The van der Waals surface area contributed by atoms with Crippen LogP contribution < -0.4 is 5.73 Å². The predicted molar refractivity (Wildman–Crippen MR) is 53.6 cm³/mol. The fourth-order valence-corrected chi connectivity index (χ4v) is 1.62. The zero-order valence-electron chi connectivity index (χ0n) is 8.02. The van der Waals surface area contributed by atoms with Gasteiger partial charge in [0.15, 0.2) is 0 Å². The molecule has 14 heavy (non-hydrogen) atoms. The van der Waals surface area contributed by atoms with Gasteiger partial charge in [0.25, 0.3) is 6.43 Å². The highest BCUT2D eigenvalue weighted by Gasteiger charge is 2.19. The van der Waals surface area contributed by atoms with Crippen LogP contribution in [0.25, 0.3) is 0 Å². The minimum absolute atomic E-state index is 0.0806. The van der Waals surface area contributed by atoms with Gasteiger partial charge in [0.2, 0.25) is 0 Å². The minimum Gasteiger partial charge on any atom is -0.322 e. The molecular formula is C10H12ClF2N. The molecule has 1 nitrogen and oxygen atoms in total. The molecule has 1 rings (SSSR count). The molecule has 0 heterocycles. The van der Waals surface area contributed by atoms with Crippen LogP contribution in [0.3, 0.4) is 0 Å². The molecular weight excluding hydrogens is 208 g/mol. The third-order valence-electron chi connectivity index (χ3n) is 1.94. The lowest BCUT2D eigenvalue weighted by Gasteiger charge is -2.21. The number of nitrogens with two attached hydrogens (primary N) is 1. The molecule has 0 spiro atoms. The van der Waals surface area contributed by atoms with Crippen molar-refractivity contribution in [3.8, 4) is 0 Å². The molecule has 0 atom stereocenters. The van der Waals surface area contributed by atoms with E-state index in [0.29, 0.717) is 5.56 Å². The molecule has 0 aliphatic carbocycles. The van der Waals surface area contributed by atoms with E-state index < -0.39 is 12.0 Å². The minimum atomic E-state index is -2.50. The number of benzene rings is 1. The molecule has 0 fully saturated rings. The SMILES string of the molecule is CC(C)(N)c1ccc(C(F)F)cc1Cl. The summed E-state index contributed by atoms with van der Waals surface area (Å²) in [5.74, 6) is 0. The molecule has 0 bridgehead atoms. The van der Waals surface area contributed by atoms with Gasteiger partial charge in [-0.25, -0.2) is 8.78 Å². The van der Waals surface area contributed by atoms with E-state index in [0.717, 1.165) is 0 Å². The summed E-state index contributed by atoms with van der Waals surface area (Å²) in [5.41, 5.74) is 5.79. The van der Waals surface area contributed by atoms with Crippen LogP contribution in [0.2, 0.25) is 5.02 Å². The second-order valence-corrected chi connectivity index (χ2v) is 4.17. The van der Waals surface area contributed by atoms with Crippen molar-refractivity contribution in [3.05, 3.63) is 34.3 Å². The van der Waals surface area contributed by atoms with Crippen molar-refractivity contribution >= 4 is 11.6 Å². The standard InChI is InChI=1S/C10H12ClF2N/c1-10(2,14)7-4-3-6(9(12)13)5-8(7)11/h3-5,9H,14H2,1-2H3. The molecule has 0 unspecified atom stereocenters. The van der Waals surface area contributed by atoms with Crippen LogP contribution >= 0.6 is 11.6 Å². The molecule has 0 saturated carbocycles. The number of halogens is 3. The summed E-state index contributed by atoms with van der Waals surface area (Å²) in [7, 11) is 0. The first-order chi connectivity index (χ1) is 6.32. The van der Waals surface area contributed by atoms with Crippen molar-refractivity contribution in [2.24, 2.45) is 5.73 Å². The van der Waals surface area contributed by atoms with E-state index in [1.165, 1.54) is 12.1 Å². The fourth-order valence-electron chi connectivity index (χ4n) is 1.19. The van der Waals surface area contributed by atoms with Crippen LogP contribution in [0.4, 0.5) is 8.78 Å². The Morgan fingerprint density at radius 3 is 2.29 bits per heavy atom. The molecule has 0 radical (unpaired) electrons. The number of hydrogen-bond acceptors (Lipinski definition) is 1. The van der Waals surface area contributed by atoms with Crippen LogP contribution in [-0.4, -0.2) is 0 Å². The van der Waals surface area contributed by atoms with Gasteiger partial charge in [0.1, 0.15) is 0 Å². The lowest BCUT2D eigenvalue weighted by molar-refractivity contribution is 0.151. The largest absolute Gasteiger partial charge is 0.322 e. The third-order valence-corrected chi connectivity index (χ3v) is 2.25. The highest BCUT2D eigenvalue weighted by atomic mass is 35.5. The van der Waals surface area contributed by atoms with Crippen molar-refractivity contribution in [3.63, 3.8) is 0 Å². The highest BCUT2D eigenvalue weighted by molar-refractivity contribution is 6.31. The first kappa shape index (κ1) is 11.4. The monoisotopic (exact) mass is 219 g/mol. The maximum atomic E-state index is 12.3. The average molecular weight is 220 g/mol. The Morgan fingerprint density at radius 1 is 1.36 bits per heavy atom. The molecule has 1 aromatic carbocycles. The summed E-state index contributed by atoms with van der Waals surface area (Å²) < 4.78 is 24.6. The van der Waals surface area contributed by atoms with E-state index in [2.05, 4.69) is 0 Å². The van der Waals surface area contributed by atoms with Gasteiger partial charge in [-0.1, -0.05) is 23.7 Å².